The zero-order chi connectivity index (χ0) is 13.3. The maximum Gasteiger partial charge on any atom is 0.128 e. The fourth-order valence-corrected chi connectivity index (χ4v) is 1.70. The Bertz CT molecular complexity index is 559. The summed E-state index contributed by atoms with van der Waals surface area (Å²) in [5.74, 6) is -0.316. The Morgan fingerprint density at radius 3 is 2.78 bits per heavy atom. The Morgan fingerprint density at radius 1 is 1.44 bits per heavy atom. The summed E-state index contributed by atoms with van der Waals surface area (Å²) in [5.41, 5.74) is 6.47. The van der Waals surface area contributed by atoms with Crippen LogP contribution in [-0.4, -0.2) is 15.0 Å². The van der Waals surface area contributed by atoms with Crippen LogP contribution in [0.15, 0.2) is 24.4 Å². The van der Waals surface area contributed by atoms with Gasteiger partial charge < -0.3 is 5.73 Å². The smallest absolute Gasteiger partial charge is 0.128 e. The lowest BCUT2D eigenvalue weighted by atomic mass is 10.0. The third-order valence-corrected chi connectivity index (χ3v) is 2.77. The molecule has 0 aliphatic heterocycles. The van der Waals surface area contributed by atoms with Crippen LogP contribution in [0.25, 0.3) is 0 Å². The van der Waals surface area contributed by atoms with Crippen LogP contribution in [-0.2, 0) is 12.1 Å². The zero-order valence-corrected chi connectivity index (χ0v) is 10.9. The molecule has 0 atom stereocenters. The van der Waals surface area contributed by atoms with Gasteiger partial charge in [0.2, 0.25) is 0 Å². The van der Waals surface area contributed by atoms with E-state index >= 15 is 0 Å². The largest absolute Gasteiger partial charge is 0.320 e. The molecule has 0 saturated heterocycles. The second-order valence-electron chi connectivity index (χ2n) is 4.76. The van der Waals surface area contributed by atoms with E-state index in [0.29, 0.717) is 16.3 Å². The average molecular weight is 269 g/mol. The van der Waals surface area contributed by atoms with E-state index in [9.17, 15) is 4.39 Å². The van der Waals surface area contributed by atoms with Gasteiger partial charge in [0.15, 0.2) is 0 Å². The molecule has 0 bridgehead atoms. The molecular formula is C12H14ClFN4. The molecule has 0 fully saturated rings. The molecule has 0 unspecified atom stereocenters. The van der Waals surface area contributed by atoms with Crippen molar-refractivity contribution in [2.45, 2.75) is 25.9 Å². The predicted molar refractivity (Wildman–Crippen MR) is 67.7 cm³/mol. The fraction of sp³-hybridized carbons (Fsp3) is 0.333. The minimum Gasteiger partial charge on any atom is -0.320 e. The predicted octanol–water partition coefficient (Wildman–Crippen LogP) is 2.31. The number of hydrogen-bond donors (Lipinski definition) is 1. The van der Waals surface area contributed by atoms with Crippen molar-refractivity contribution in [2.75, 3.05) is 0 Å². The zero-order valence-electron chi connectivity index (χ0n) is 10.2. The molecule has 1 aromatic heterocycles. The number of benzene rings is 1. The van der Waals surface area contributed by atoms with Gasteiger partial charge in [-0.25, -0.2) is 9.07 Å². The van der Waals surface area contributed by atoms with Gasteiger partial charge in [-0.15, -0.1) is 5.10 Å². The number of rotatable bonds is 3. The summed E-state index contributed by atoms with van der Waals surface area (Å²) in [6.45, 7) is 3.94. The van der Waals surface area contributed by atoms with E-state index in [1.54, 1.807) is 16.9 Å². The third kappa shape index (κ3) is 2.86. The molecule has 0 radical (unpaired) electrons. The Hall–Kier alpha value is -1.46. The normalized spacial score (nSPS) is 11.8. The molecule has 18 heavy (non-hydrogen) atoms. The van der Waals surface area contributed by atoms with Gasteiger partial charge in [0, 0.05) is 10.6 Å². The molecule has 2 aromatic rings. The van der Waals surface area contributed by atoms with Gasteiger partial charge in [-0.05, 0) is 32.0 Å². The number of halogens is 2. The molecule has 0 aliphatic rings. The second-order valence-corrected chi connectivity index (χ2v) is 5.20. The first-order valence-corrected chi connectivity index (χ1v) is 5.87. The highest BCUT2D eigenvalue weighted by Gasteiger charge is 2.18. The lowest BCUT2D eigenvalue weighted by Crippen LogP contribution is -2.29. The van der Waals surface area contributed by atoms with Crippen molar-refractivity contribution < 1.29 is 4.39 Å². The van der Waals surface area contributed by atoms with E-state index in [1.165, 1.54) is 12.1 Å². The van der Waals surface area contributed by atoms with Gasteiger partial charge in [0.1, 0.15) is 11.5 Å². The third-order valence-electron chi connectivity index (χ3n) is 2.54. The van der Waals surface area contributed by atoms with Crippen molar-refractivity contribution in [1.29, 1.82) is 0 Å². The van der Waals surface area contributed by atoms with Crippen molar-refractivity contribution in [2.24, 2.45) is 5.73 Å². The lowest BCUT2D eigenvalue weighted by molar-refractivity contribution is 0.533. The molecule has 4 nitrogen and oxygen atoms in total. The molecule has 0 amide bonds. The lowest BCUT2D eigenvalue weighted by Gasteiger charge is -2.13. The SMILES string of the molecule is CC(C)(N)c1cn(Cc2cc(Cl)ccc2F)nn1. The maximum absolute atomic E-state index is 13.6. The van der Waals surface area contributed by atoms with Gasteiger partial charge in [0.25, 0.3) is 0 Å². The Kier molecular flexibility index (Phi) is 3.36. The van der Waals surface area contributed by atoms with Gasteiger partial charge >= 0.3 is 0 Å². The number of aromatic nitrogens is 3. The van der Waals surface area contributed by atoms with Gasteiger partial charge in [-0.3, -0.25) is 0 Å². The van der Waals surface area contributed by atoms with Crippen molar-refractivity contribution in [3.05, 3.63) is 46.5 Å². The van der Waals surface area contributed by atoms with Crippen LogP contribution < -0.4 is 5.73 Å². The fourth-order valence-electron chi connectivity index (χ4n) is 1.51. The number of nitrogens with two attached hydrogens (primary N) is 1. The summed E-state index contributed by atoms with van der Waals surface area (Å²) in [7, 11) is 0. The number of nitrogens with zero attached hydrogens (tertiary/aromatic N) is 3. The topological polar surface area (TPSA) is 56.7 Å². The molecular weight excluding hydrogens is 255 g/mol. The van der Waals surface area contributed by atoms with E-state index in [-0.39, 0.29) is 12.4 Å². The molecule has 0 aliphatic carbocycles. The standard InChI is InChI=1S/C12H14ClFN4/c1-12(2,15)11-7-18(17-16-11)6-8-5-9(13)3-4-10(8)14/h3-5,7H,6,15H2,1-2H3. The van der Waals surface area contributed by atoms with Crippen molar-refractivity contribution >= 4 is 11.6 Å². The van der Waals surface area contributed by atoms with Gasteiger partial charge in [-0.2, -0.15) is 0 Å². The summed E-state index contributed by atoms with van der Waals surface area (Å²) >= 11 is 5.83. The van der Waals surface area contributed by atoms with Crippen LogP contribution in [0.4, 0.5) is 4.39 Å². The van der Waals surface area contributed by atoms with Crippen LogP contribution in [0.3, 0.4) is 0 Å². The molecule has 96 valence electrons. The van der Waals surface area contributed by atoms with Crippen LogP contribution >= 0.6 is 11.6 Å². The summed E-state index contributed by atoms with van der Waals surface area (Å²) < 4.78 is 15.1. The van der Waals surface area contributed by atoms with Crippen LogP contribution in [0.2, 0.25) is 5.02 Å². The van der Waals surface area contributed by atoms with E-state index in [4.69, 9.17) is 17.3 Å². The minimum atomic E-state index is -0.564. The van der Waals surface area contributed by atoms with E-state index in [2.05, 4.69) is 10.3 Å². The Labute approximate surface area is 110 Å². The maximum atomic E-state index is 13.6. The molecule has 2 N–H and O–H groups in total. The molecule has 1 aromatic carbocycles. The second kappa shape index (κ2) is 4.66. The van der Waals surface area contributed by atoms with Gasteiger partial charge in [0.05, 0.1) is 18.3 Å². The minimum absolute atomic E-state index is 0.273. The van der Waals surface area contributed by atoms with Crippen molar-refractivity contribution in [1.82, 2.24) is 15.0 Å². The first-order valence-electron chi connectivity index (χ1n) is 5.49. The van der Waals surface area contributed by atoms with E-state index in [0.717, 1.165) is 0 Å². The summed E-state index contributed by atoms with van der Waals surface area (Å²) in [5, 5.41) is 8.39. The molecule has 2 rings (SSSR count). The highest BCUT2D eigenvalue weighted by molar-refractivity contribution is 6.30. The highest BCUT2D eigenvalue weighted by Crippen LogP contribution is 2.17. The van der Waals surface area contributed by atoms with Crippen molar-refractivity contribution in [3.8, 4) is 0 Å². The summed E-state index contributed by atoms with van der Waals surface area (Å²) in [6, 6.07) is 4.42. The van der Waals surface area contributed by atoms with Crippen LogP contribution in [0.1, 0.15) is 25.1 Å². The molecule has 0 saturated carbocycles. The van der Waals surface area contributed by atoms with Crippen molar-refractivity contribution in [3.63, 3.8) is 0 Å². The number of hydrogen-bond acceptors (Lipinski definition) is 3. The monoisotopic (exact) mass is 268 g/mol. The first kappa shape index (κ1) is 13.0. The van der Waals surface area contributed by atoms with E-state index in [1.807, 2.05) is 13.8 Å². The Balaban J connectivity index is 2.24. The molecule has 1 heterocycles. The first-order chi connectivity index (χ1) is 8.36. The summed E-state index contributed by atoms with van der Waals surface area (Å²) in [6.07, 6.45) is 1.71. The quantitative estimate of drug-likeness (QED) is 0.929. The summed E-state index contributed by atoms with van der Waals surface area (Å²) in [4.78, 5) is 0. The molecule has 6 heteroatoms. The molecule has 0 spiro atoms. The average Bonchev–Trinajstić information content (AvgIpc) is 2.71. The van der Waals surface area contributed by atoms with Crippen LogP contribution in [0.5, 0.6) is 0 Å². The van der Waals surface area contributed by atoms with Crippen LogP contribution in [0, 0.1) is 5.82 Å². The Morgan fingerprint density at radius 2 is 2.17 bits per heavy atom. The van der Waals surface area contributed by atoms with Gasteiger partial charge in [-0.1, -0.05) is 16.8 Å². The highest BCUT2D eigenvalue weighted by atomic mass is 35.5. The van der Waals surface area contributed by atoms with E-state index < -0.39 is 5.54 Å².